The maximum atomic E-state index is 11.4. The third-order valence-corrected chi connectivity index (χ3v) is 2.35. The lowest BCUT2D eigenvalue weighted by Crippen LogP contribution is -2.43. The van der Waals surface area contributed by atoms with E-state index in [1.807, 2.05) is 0 Å². The molecule has 0 fully saturated rings. The van der Waals surface area contributed by atoms with Crippen LogP contribution in [0.5, 0.6) is 0 Å². The number of furan rings is 1. The van der Waals surface area contributed by atoms with Gasteiger partial charge in [-0.3, -0.25) is 14.9 Å². The van der Waals surface area contributed by atoms with Gasteiger partial charge in [0.25, 0.3) is 0 Å². The zero-order chi connectivity index (χ0) is 15.5. The molecule has 21 heavy (non-hydrogen) atoms. The summed E-state index contributed by atoms with van der Waals surface area (Å²) in [5, 5.41) is 7.36. The van der Waals surface area contributed by atoms with E-state index in [-0.39, 0.29) is 25.5 Å². The third-order valence-electron chi connectivity index (χ3n) is 2.35. The molecule has 8 heteroatoms. The summed E-state index contributed by atoms with van der Waals surface area (Å²) in [5.74, 6) is -0.234. The number of carbonyl (C=O) groups excluding carboxylic acids is 3. The molecule has 0 aliphatic rings. The number of amides is 3. The van der Waals surface area contributed by atoms with Gasteiger partial charge in [0, 0.05) is 6.54 Å². The molecule has 0 unspecified atom stereocenters. The summed E-state index contributed by atoms with van der Waals surface area (Å²) in [6.07, 6.45) is 1.67. The van der Waals surface area contributed by atoms with Crippen LogP contribution in [0.2, 0.25) is 0 Å². The van der Waals surface area contributed by atoms with E-state index < -0.39 is 11.9 Å². The molecule has 0 saturated carbocycles. The Bertz CT molecular complexity index is 458. The van der Waals surface area contributed by atoms with Crippen molar-refractivity contribution in [3.8, 4) is 0 Å². The number of esters is 1. The number of carbonyl (C=O) groups is 3. The number of urea groups is 1. The summed E-state index contributed by atoms with van der Waals surface area (Å²) < 4.78 is 9.76. The number of nitrogens with one attached hydrogen (secondary N) is 3. The second-order valence-corrected chi connectivity index (χ2v) is 4.04. The molecule has 0 saturated heterocycles. The predicted molar refractivity (Wildman–Crippen MR) is 73.2 cm³/mol. The van der Waals surface area contributed by atoms with Crippen LogP contribution < -0.4 is 16.0 Å². The lowest BCUT2D eigenvalue weighted by Gasteiger charge is -2.06. The van der Waals surface area contributed by atoms with Crippen molar-refractivity contribution in [2.45, 2.75) is 19.9 Å². The number of hydrogen-bond acceptors (Lipinski definition) is 6. The summed E-state index contributed by atoms with van der Waals surface area (Å²) in [7, 11) is 0. The topological polar surface area (TPSA) is 110 Å². The number of hydrogen-bond donors (Lipinski definition) is 3. The SMILES string of the molecule is CCOC(=O)CCNCC(=O)NC(=O)NCc1ccco1. The Hall–Kier alpha value is -2.35. The van der Waals surface area contributed by atoms with E-state index >= 15 is 0 Å². The van der Waals surface area contributed by atoms with Crippen LogP contribution in [-0.4, -0.2) is 37.6 Å². The maximum absolute atomic E-state index is 11.4. The molecule has 1 heterocycles. The Kier molecular flexibility index (Phi) is 7.59. The number of ether oxygens (including phenoxy) is 1. The highest BCUT2D eigenvalue weighted by atomic mass is 16.5. The van der Waals surface area contributed by atoms with Crippen molar-refractivity contribution in [2.75, 3.05) is 19.7 Å². The Balaban J connectivity index is 2.07. The lowest BCUT2D eigenvalue weighted by molar-refractivity contribution is -0.143. The van der Waals surface area contributed by atoms with Gasteiger partial charge in [0.1, 0.15) is 5.76 Å². The fourth-order valence-electron chi connectivity index (χ4n) is 1.42. The first-order valence-electron chi connectivity index (χ1n) is 6.58. The standard InChI is InChI=1S/C13H19N3O5/c1-2-20-12(18)5-6-14-9-11(17)16-13(19)15-8-10-4-3-7-21-10/h3-4,7,14H,2,5-6,8-9H2,1H3,(H2,15,16,17,19). The van der Waals surface area contributed by atoms with Gasteiger partial charge >= 0.3 is 12.0 Å². The van der Waals surface area contributed by atoms with Crippen LogP contribution in [-0.2, 0) is 20.9 Å². The van der Waals surface area contributed by atoms with Gasteiger partial charge in [0.05, 0.1) is 32.4 Å². The normalized spacial score (nSPS) is 9.95. The van der Waals surface area contributed by atoms with Gasteiger partial charge in [-0.15, -0.1) is 0 Å². The minimum Gasteiger partial charge on any atom is -0.467 e. The molecule has 0 aliphatic heterocycles. The maximum Gasteiger partial charge on any atom is 0.321 e. The molecular weight excluding hydrogens is 278 g/mol. The van der Waals surface area contributed by atoms with E-state index in [2.05, 4.69) is 16.0 Å². The molecule has 3 amide bonds. The molecule has 0 bridgehead atoms. The summed E-state index contributed by atoms with van der Waals surface area (Å²) in [6, 6.07) is 2.80. The third kappa shape index (κ3) is 7.73. The lowest BCUT2D eigenvalue weighted by atomic mass is 10.4. The van der Waals surface area contributed by atoms with Crippen LogP contribution in [0, 0.1) is 0 Å². The van der Waals surface area contributed by atoms with Gasteiger partial charge in [-0.25, -0.2) is 4.79 Å². The molecule has 0 aliphatic carbocycles. The molecule has 0 radical (unpaired) electrons. The van der Waals surface area contributed by atoms with Gasteiger partial charge in [-0.1, -0.05) is 0 Å². The van der Waals surface area contributed by atoms with Gasteiger partial charge in [0.2, 0.25) is 5.91 Å². The van der Waals surface area contributed by atoms with E-state index in [1.165, 1.54) is 6.26 Å². The smallest absolute Gasteiger partial charge is 0.321 e. The van der Waals surface area contributed by atoms with Crippen LogP contribution in [0.4, 0.5) is 4.79 Å². The first-order valence-corrected chi connectivity index (χ1v) is 6.58. The zero-order valence-electron chi connectivity index (χ0n) is 11.8. The molecule has 0 atom stereocenters. The van der Waals surface area contributed by atoms with Crippen molar-refractivity contribution in [1.82, 2.24) is 16.0 Å². The largest absolute Gasteiger partial charge is 0.467 e. The van der Waals surface area contributed by atoms with E-state index in [9.17, 15) is 14.4 Å². The molecular formula is C13H19N3O5. The molecule has 1 aromatic rings. The Morgan fingerprint density at radius 2 is 2.14 bits per heavy atom. The first kappa shape index (κ1) is 16.7. The van der Waals surface area contributed by atoms with Gasteiger partial charge in [0.15, 0.2) is 0 Å². The Morgan fingerprint density at radius 3 is 2.81 bits per heavy atom. The second-order valence-electron chi connectivity index (χ2n) is 4.04. The quantitative estimate of drug-likeness (QED) is 0.465. The highest BCUT2D eigenvalue weighted by Crippen LogP contribution is 1.97. The van der Waals surface area contributed by atoms with Crippen molar-refractivity contribution in [2.24, 2.45) is 0 Å². The minimum absolute atomic E-state index is 0.0619. The van der Waals surface area contributed by atoms with Crippen LogP contribution in [0.15, 0.2) is 22.8 Å². The zero-order valence-corrected chi connectivity index (χ0v) is 11.8. The molecule has 1 aromatic heterocycles. The van der Waals surface area contributed by atoms with Crippen LogP contribution >= 0.6 is 0 Å². The Morgan fingerprint density at radius 1 is 1.33 bits per heavy atom. The van der Waals surface area contributed by atoms with Gasteiger partial charge < -0.3 is 19.8 Å². The predicted octanol–water partition coefficient (Wildman–Crippen LogP) is 0.148. The first-order chi connectivity index (χ1) is 10.1. The van der Waals surface area contributed by atoms with Gasteiger partial charge in [-0.05, 0) is 19.1 Å². The summed E-state index contributed by atoms with van der Waals surface area (Å²) in [5.41, 5.74) is 0. The fourth-order valence-corrected chi connectivity index (χ4v) is 1.42. The Labute approximate surface area is 122 Å². The highest BCUT2D eigenvalue weighted by Gasteiger charge is 2.08. The van der Waals surface area contributed by atoms with Crippen molar-refractivity contribution < 1.29 is 23.5 Å². The van der Waals surface area contributed by atoms with Crippen LogP contribution in [0.1, 0.15) is 19.1 Å². The minimum atomic E-state index is -0.608. The highest BCUT2D eigenvalue weighted by molar-refractivity contribution is 5.95. The molecule has 0 spiro atoms. The summed E-state index contributed by atoms with van der Waals surface area (Å²) in [6.45, 7) is 2.49. The number of imide groups is 1. The summed E-state index contributed by atoms with van der Waals surface area (Å²) in [4.78, 5) is 33.8. The van der Waals surface area contributed by atoms with Gasteiger partial charge in [-0.2, -0.15) is 0 Å². The van der Waals surface area contributed by atoms with E-state index in [1.54, 1.807) is 19.1 Å². The molecule has 1 rings (SSSR count). The van der Waals surface area contributed by atoms with Crippen molar-refractivity contribution in [3.63, 3.8) is 0 Å². The fraction of sp³-hybridized carbons (Fsp3) is 0.462. The second kappa shape index (κ2) is 9.54. The average Bonchev–Trinajstić information content (AvgIpc) is 2.95. The summed E-state index contributed by atoms with van der Waals surface area (Å²) >= 11 is 0. The van der Waals surface area contributed by atoms with Crippen molar-refractivity contribution >= 4 is 17.9 Å². The average molecular weight is 297 g/mol. The monoisotopic (exact) mass is 297 g/mol. The van der Waals surface area contributed by atoms with Crippen molar-refractivity contribution in [3.05, 3.63) is 24.2 Å². The molecule has 3 N–H and O–H groups in total. The molecule has 0 aromatic carbocycles. The molecule has 116 valence electrons. The van der Waals surface area contributed by atoms with Crippen LogP contribution in [0.25, 0.3) is 0 Å². The number of rotatable bonds is 8. The van der Waals surface area contributed by atoms with E-state index in [0.29, 0.717) is 18.9 Å². The van der Waals surface area contributed by atoms with Crippen LogP contribution in [0.3, 0.4) is 0 Å². The van der Waals surface area contributed by atoms with Crippen molar-refractivity contribution in [1.29, 1.82) is 0 Å². The molecule has 8 nitrogen and oxygen atoms in total. The van der Waals surface area contributed by atoms with E-state index in [4.69, 9.17) is 9.15 Å². The van der Waals surface area contributed by atoms with E-state index in [0.717, 1.165) is 0 Å².